The number of nitrogens with two attached hydrogens (primary N) is 1. The smallest absolute Gasteiger partial charge is 0.178 e. The van der Waals surface area contributed by atoms with Crippen LogP contribution in [0.15, 0.2) is 30.5 Å². The van der Waals surface area contributed by atoms with Crippen LogP contribution in [0.2, 0.25) is 5.02 Å². The Hall–Kier alpha value is -2.07. The van der Waals surface area contributed by atoms with Crippen molar-refractivity contribution >= 4 is 28.5 Å². The number of hydrogen-bond acceptors (Lipinski definition) is 3. The van der Waals surface area contributed by atoms with Gasteiger partial charge in [0, 0.05) is 11.8 Å². The molecule has 18 heavy (non-hydrogen) atoms. The Kier molecular flexibility index (Phi) is 2.45. The average molecular weight is 259 g/mol. The third-order valence-corrected chi connectivity index (χ3v) is 3.08. The number of H-pyrrole nitrogens is 1. The van der Waals surface area contributed by atoms with Crippen LogP contribution >= 0.6 is 11.6 Å². The SMILES string of the molecule is Cc1cnc2nc(-c3ccc(N)c(Cl)c3)[nH]c2c1. The Morgan fingerprint density at radius 3 is 2.89 bits per heavy atom. The highest BCUT2D eigenvalue weighted by Crippen LogP contribution is 2.26. The number of halogens is 1. The number of nitrogen functional groups attached to an aromatic ring is 1. The predicted octanol–water partition coefficient (Wildman–Crippen LogP) is 3.17. The fourth-order valence-electron chi connectivity index (χ4n) is 1.82. The molecule has 3 N–H and O–H groups in total. The van der Waals surface area contributed by atoms with E-state index in [1.807, 2.05) is 19.1 Å². The molecule has 0 saturated carbocycles. The van der Waals surface area contributed by atoms with Gasteiger partial charge in [-0.2, -0.15) is 0 Å². The quantitative estimate of drug-likeness (QED) is 0.659. The van der Waals surface area contributed by atoms with E-state index in [9.17, 15) is 0 Å². The maximum Gasteiger partial charge on any atom is 0.178 e. The van der Waals surface area contributed by atoms with Crippen molar-refractivity contribution in [2.75, 3.05) is 5.73 Å². The minimum atomic E-state index is 0.525. The zero-order valence-electron chi connectivity index (χ0n) is 9.74. The number of nitrogens with zero attached hydrogens (tertiary/aromatic N) is 2. The molecule has 90 valence electrons. The van der Waals surface area contributed by atoms with Gasteiger partial charge in [0.15, 0.2) is 5.65 Å². The van der Waals surface area contributed by atoms with Crippen molar-refractivity contribution in [3.8, 4) is 11.4 Å². The van der Waals surface area contributed by atoms with Crippen LogP contribution in [0.5, 0.6) is 0 Å². The molecule has 0 atom stereocenters. The summed E-state index contributed by atoms with van der Waals surface area (Å²) < 4.78 is 0. The van der Waals surface area contributed by atoms with Crippen LogP contribution in [-0.2, 0) is 0 Å². The van der Waals surface area contributed by atoms with Crippen molar-refractivity contribution in [3.63, 3.8) is 0 Å². The zero-order chi connectivity index (χ0) is 12.7. The Labute approximate surface area is 109 Å². The fraction of sp³-hybridized carbons (Fsp3) is 0.0769. The summed E-state index contributed by atoms with van der Waals surface area (Å²) in [7, 11) is 0. The summed E-state index contributed by atoms with van der Waals surface area (Å²) in [6.07, 6.45) is 1.79. The van der Waals surface area contributed by atoms with E-state index in [0.717, 1.165) is 22.5 Å². The highest BCUT2D eigenvalue weighted by atomic mass is 35.5. The molecule has 0 aliphatic carbocycles. The van der Waals surface area contributed by atoms with E-state index < -0.39 is 0 Å². The maximum atomic E-state index is 6.01. The summed E-state index contributed by atoms with van der Waals surface area (Å²) in [5.74, 6) is 0.741. The molecule has 0 bridgehead atoms. The molecular formula is C13H11ClN4. The first-order valence-electron chi connectivity index (χ1n) is 5.51. The first-order chi connectivity index (χ1) is 8.63. The number of pyridine rings is 1. The maximum absolute atomic E-state index is 6.01. The van der Waals surface area contributed by atoms with E-state index in [1.165, 1.54) is 0 Å². The molecule has 1 aromatic carbocycles. The second kappa shape index (κ2) is 3.99. The summed E-state index contributed by atoms with van der Waals surface area (Å²) >= 11 is 6.01. The molecule has 4 nitrogen and oxygen atoms in total. The number of anilines is 1. The first-order valence-corrected chi connectivity index (χ1v) is 5.89. The van der Waals surface area contributed by atoms with Crippen LogP contribution in [0.4, 0.5) is 5.69 Å². The summed E-state index contributed by atoms with van der Waals surface area (Å²) in [6.45, 7) is 1.99. The van der Waals surface area contributed by atoms with E-state index >= 15 is 0 Å². The van der Waals surface area contributed by atoms with Gasteiger partial charge >= 0.3 is 0 Å². The minimum absolute atomic E-state index is 0.525. The number of fused-ring (bicyclic) bond motifs is 1. The lowest BCUT2D eigenvalue weighted by Gasteiger charge is -2.00. The minimum Gasteiger partial charge on any atom is -0.398 e. The van der Waals surface area contributed by atoms with Gasteiger partial charge in [-0.25, -0.2) is 9.97 Å². The molecule has 0 amide bonds. The van der Waals surface area contributed by atoms with Crippen molar-refractivity contribution < 1.29 is 0 Å². The summed E-state index contributed by atoms with van der Waals surface area (Å²) in [5.41, 5.74) is 9.84. The van der Waals surface area contributed by atoms with Gasteiger partial charge in [-0.05, 0) is 36.8 Å². The van der Waals surface area contributed by atoms with Gasteiger partial charge in [-0.1, -0.05) is 11.6 Å². The average Bonchev–Trinajstić information content (AvgIpc) is 2.75. The largest absolute Gasteiger partial charge is 0.398 e. The van der Waals surface area contributed by atoms with Crippen LogP contribution in [0, 0.1) is 6.92 Å². The molecule has 2 aromatic heterocycles. The molecule has 3 aromatic rings. The second-order valence-corrected chi connectivity index (χ2v) is 4.61. The number of benzene rings is 1. The second-order valence-electron chi connectivity index (χ2n) is 4.21. The van der Waals surface area contributed by atoms with Crippen molar-refractivity contribution in [2.24, 2.45) is 0 Å². The molecule has 3 rings (SSSR count). The Bertz CT molecular complexity index is 733. The molecule has 0 aliphatic heterocycles. The zero-order valence-corrected chi connectivity index (χ0v) is 10.5. The van der Waals surface area contributed by atoms with Crippen LogP contribution in [-0.4, -0.2) is 15.0 Å². The molecule has 0 aliphatic rings. The van der Waals surface area contributed by atoms with Crippen LogP contribution < -0.4 is 5.73 Å². The molecule has 0 saturated heterocycles. The van der Waals surface area contributed by atoms with E-state index in [-0.39, 0.29) is 0 Å². The number of nitrogens with one attached hydrogen (secondary N) is 1. The Morgan fingerprint density at radius 2 is 2.11 bits per heavy atom. The molecule has 5 heteroatoms. The molecule has 0 spiro atoms. The van der Waals surface area contributed by atoms with Gasteiger partial charge in [-0.15, -0.1) is 0 Å². The van der Waals surface area contributed by atoms with Gasteiger partial charge in [-0.3, -0.25) is 0 Å². The van der Waals surface area contributed by atoms with Crippen molar-refractivity contribution in [1.82, 2.24) is 15.0 Å². The van der Waals surface area contributed by atoms with Gasteiger partial charge in [0.05, 0.1) is 16.2 Å². The van der Waals surface area contributed by atoms with Crippen molar-refractivity contribution in [3.05, 3.63) is 41.0 Å². The number of aromatic nitrogens is 3. The van der Waals surface area contributed by atoms with Crippen LogP contribution in [0.25, 0.3) is 22.6 Å². The Morgan fingerprint density at radius 1 is 1.28 bits per heavy atom. The summed E-state index contributed by atoms with van der Waals surface area (Å²) in [4.78, 5) is 11.9. The van der Waals surface area contributed by atoms with E-state index in [1.54, 1.807) is 18.3 Å². The number of imidazole rings is 1. The van der Waals surface area contributed by atoms with E-state index in [0.29, 0.717) is 16.4 Å². The monoisotopic (exact) mass is 258 g/mol. The summed E-state index contributed by atoms with van der Waals surface area (Å²) in [5, 5.41) is 0.525. The topological polar surface area (TPSA) is 67.6 Å². The number of rotatable bonds is 1. The fourth-order valence-corrected chi connectivity index (χ4v) is 2.00. The Balaban J connectivity index is 2.16. The van der Waals surface area contributed by atoms with Gasteiger partial charge in [0.1, 0.15) is 5.82 Å². The van der Waals surface area contributed by atoms with E-state index in [2.05, 4.69) is 15.0 Å². The molecule has 0 unspecified atom stereocenters. The van der Waals surface area contributed by atoms with Crippen LogP contribution in [0.3, 0.4) is 0 Å². The molecule has 0 fully saturated rings. The standard InChI is InChI=1S/C13H11ClN4/c1-7-4-11-13(16-6-7)18-12(17-11)8-2-3-10(15)9(14)5-8/h2-6H,15H2,1H3,(H,16,17,18). The van der Waals surface area contributed by atoms with Crippen molar-refractivity contribution in [2.45, 2.75) is 6.92 Å². The number of hydrogen-bond donors (Lipinski definition) is 2. The normalized spacial score (nSPS) is 11.0. The van der Waals surface area contributed by atoms with Crippen LogP contribution in [0.1, 0.15) is 5.56 Å². The first kappa shape index (κ1) is 11.0. The number of aryl methyl sites for hydroxylation is 1. The predicted molar refractivity (Wildman–Crippen MR) is 73.5 cm³/mol. The third-order valence-electron chi connectivity index (χ3n) is 2.75. The third kappa shape index (κ3) is 1.80. The highest BCUT2D eigenvalue weighted by molar-refractivity contribution is 6.33. The van der Waals surface area contributed by atoms with Gasteiger partial charge in [0.2, 0.25) is 0 Å². The lowest BCUT2D eigenvalue weighted by molar-refractivity contribution is 1.28. The van der Waals surface area contributed by atoms with E-state index in [4.69, 9.17) is 17.3 Å². The molecule has 0 radical (unpaired) electrons. The lowest BCUT2D eigenvalue weighted by Crippen LogP contribution is -1.87. The molecular weight excluding hydrogens is 248 g/mol. The van der Waals surface area contributed by atoms with Gasteiger partial charge < -0.3 is 10.7 Å². The number of aromatic amines is 1. The van der Waals surface area contributed by atoms with Crippen molar-refractivity contribution in [1.29, 1.82) is 0 Å². The summed E-state index contributed by atoms with van der Waals surface area (Å²) in [6, 6.07) is 7.45. The van der Waals surface area contributed by atoms with Gasteiger partial charge in [0.25, 0.3) is 0 Å². The lowest BCUT2D eigenvalue weighted by atomic mass is 10.2. The molecule has 2 heterocycles. The highest BCUT2D eigenvalue weighted by Gasteiger charge is 2.07.